The van der Waals surface area contributed by atoms with E-state index in [1.807, 2.05) is 0 Å². The van der Waals surface area contributed by atoms with E-state index in [1.54, 1.807) is 7.11 Å². The zero-order chi connectivity index (χ0) is 12.4. The average molecular weight is 232 g/mol. The van der Waals surface area contributed by atoms with Crippen molar-refractivity contribution in [1.82, 2.24) is 10.2 Å². The molecule has 0 aromatic heterocycles. The summed E-state index contributed by atoms with van der Waals surface area (Å²) in [6.07, 6.45) is 0.978. The number of rotatable bonds is 10. The lowest BCUT2D eigenvalue weighted by molar-refractivity contribution is 0.122. The monoisotopic (exact) mass is 232 g/mol. The fourth-order valence-corrected chi connectivity index (χ4v) is 1.70. The second kappa shape index (κ2) is 10.0. The lowest BCUT2D eigenvalue weighted by atomic mass is 10.2. The number of hydrogen-bond donors (Lipinski definition) is 2. The number of likely N-dealkylation sites (N-methyl/N-ethyl adjacent to an activating group) is 1. The van der Waals surface area contributed by atoms with Gasteiger partial charge < -0.3 is 15.2 Å². The van der Waals surface area contributed by atoms with Crippen LogP contribution < -0.4 is 5.32 Å². The highest BCUT2D eigenvalue weighted by molar-refractivity contribution is 4.70. The molecule has 0 amide bonds. The van der Waals surface area contributed by atoms with Gasteiger partial charge in [0, 0.05) is 32.3 Å². The number of hydrogen-bond acceptors (Lipinski definition) is 4. The van der Waals surface area contributed by atoms with Crippen molar-refractivity contribution in [2.75, 3.05) is 40.0 Å². The molecule has 0 bridgehead atoms. The Balaban J connectivity index is 3.88. The first-order chi connectivity index (χ1) is 7.65. The number of nitrogens with zero attached hydrogens (tertiary/aromatic N) is 1. The van der Waals surface area contributed by atoms with E-state index in [0.29, 0.717) is 6.04 Å². The maximum Gasteiger partial charge on any atom is 0.0589 e. The van der Waals surface area contributed by atoms with E-state index in [2.05, 4.69) is 31.0 Å². The number of aliphatic hydroxyl groups is 1. The van der Waals surface area contributed by atoms with Gasteiger partial charge in [-0.2, -0.15) is 0 Å². The average Bonchev–Trinajstić information content (AvgIpc) is 2.27. The zero-order valence-corrected chi connectivity index (χ0v) is 11.2. The van der Waals surface area contributed by atoms with Crippen molar-refractivity contribution in [3.8, 4) is 0 Å². The Morgan fingerprint density at radius 1 is 1.31 bits per heavy atom. The molecule has 0 rings (SSSR count). The van der Waals surface area contributed by atoms with Gasteiger partial charge in [-0.3, -0.25) is 4.90 Å². The first kappa shape index (κ1) is 15.8. The van der Waals surface area contributed by atoms with Gasteiger partial charge in [0.15, 0.2) is 0 Å². The Hall–Kier alpha value is -0.160. The lowest BCUT2D eigenvalue weighted by Crippen LogP contribution is -2.40. The van der Waals surface area contributed by atoms with Crippen LogP contribution >= 0.6 is 0 Å². The van der Waals surface area contributed by atoms with Crippen LogP contribution in [0.4, 0.5) is 0 Å². The predicted octanol–water partition coefficient (Wildman–Crippen LogP) is 0.704. The molecule has 1 unspecified atom stereocenters. The number of nitrogens with one attached hydrogen (secondary N) is 1. The summed E-state index contributed by atoms with van der Waals surface area (Å²) in [6.45, 7) is 10.3. The molecular formula is C12H28N2O2. The summed E-state index contributed by atoms with van der Waals surface area (Å²) < 4.78 is 5.10. The van der Waals surface area contributed by atoms with Gasteiger partial charge >= 0.3 is 0 Å². The van der Waals surface area contributed by atoms with E-state index >= 15 is 0 Å². The quantitative estimate of drug-likeness (QED) is 0.582. The molecule has 0 aliphatic carbocycles. The third-order valence-corrected chi connectivity index (χ3v) is 2.79. The molecule has 0 aromatic carbocycles. The molecule has 0 fully saturated rings. The van der Waals surface area contributed by atoms with Crippen molar-refractivity contribution in [3.05, 3.63) is 0 Å². The molecule has 4 heteroatoms. The summed E-state index contributed by atoms with van der Waals surface area (Å²) in [5, 5.41) is 12.5. The summed E-state index contributed by atoms with van der Waals surface area (Å²) in [5.74, 6) is 0. The highest BCUT2D eigenvalue weighted by atomic mass is 16.5. The van der Waals surface area contributed by atoms with Crippen LogP contribution in [-0.2, 0) is 4.74 Å². The second-order valence-corrected chi connectivity index (χ2v) is 4.35. The number of methoxy groups -OCH3 is 1. The Morgan fingerprint density at radius 3 is 2.44 bits per heavy atom. The third kappa shape index (κ3) is 7.17. The SMILES string of the molecule is CCNC(CO)CCN(CCOC)C(C)C. The van der Waals surface area contributed by atoms with Crippen LogP contribution in [0, 0.1) is 0 Å². The van der Waals surface area contributed by atoms with Gasteiger partial charge in [-0.25, -0.2) is 0 Å². The van der Waals surface area contributed by atoms with Crippen molar-refractivity contribution < 1.29 is 9.84 Å². The Morgan fingerprint density at radius 2 is 2.00 bits per heavy atom. The van der Waals surface area contributed by atoms with Crippen molar-refractivity contribution in [3.63, 3.8) is 0 Å². The predicted molar refractivity (Wildman–Crippen MR) is 67.8 cm³/mol. The van der Waals surface area contributed by atoms with Gasteiger partial charge in [0.1, 0.15) is 0 Å². The minimum absolute atomic E-state index is 0.212. The molecule has 0 aromatic rings. The van der Waals surface area contributed by atoms with Crippen LogP contribution in [0.2, 0.25) is 0 Å². The van der Waals surface area contributed by atoms with Gasteiger partial charge in [-0.1, -0.05) is 6.92 Å². The van der Waals surface area contributed by atoms with Crippen LogP contribution in [0.15, 0.2) is 0 Å². The van der Waals surface area contributed by atoms with Crippen LogP contribution in [0.1, 0.15) is 27.2 Å². The van der Waals surface area contributed by atoms with Gasteiger partial charge in [0.2, 0.25) is 0 Å². The summed E-state index contributed by atoms with van der Waals surface area (Å²) in [7, 11) is 1.73. The first-order valence-electron chi connectivity index (χ1n) is 6.22. The van der Waals surface area contributed by atoms with Gasteiger partial charge in [0.05, 0.1) is 13.2 Å². The van der Waals surface area contributed by atoms with E-state index in [-0.39, 0.29) is 12.6 Å². The van der Waals surface area contributed by atoms with Crippen LogP contribution in [0.25, 0.3) is 0 Å². The smallest absolute Gasteiger partial charge is 0.0589 e. The maximum absolute atomic E-state index is 9.18. The molecule has 0 heterocycles. The van der Waals surface area contributed by atoms with Crippen molar-refractivity contribution >= 4 is 0 Å². The summed E-state index contributed by atoms with van der Waals surface area (Å²) in [4.78, 5) is 2.38. The largest absolute Gasteiger partial charge is 0.395 e. The Labute approximate surface area is 100.0 Å². The number of ether oxygens (including phenoxy) is 1. The van der Waals surface area contributed by atoms with Gasteiger partial charge in [-0.15, -0.1) is 0 Å². The molecule has 1 atom stereocenters. The molecule has 0 spiro atoms. The zero-order valence-electron chi connectivity index (χ0n) is 11.2. The summed E-state index contributed by atoms with van der Waals surface area (Å²) >= 11 is 0. The lowest BCUT2D eigenvalue weighted by Gasteiger charge is -2.28. The molecule has 0 radical (unpaired) electrons. The fourth-order valence-electron chi connectivity index (χ4n) is 1.70. The Kier molecular flexibility index (Phi) is 9.92. The van der Waals surface area contributed by atoms with E-state index in [4.69, 9.17) is 4.74 Å². The van der Waals surface area contributed by atoms with Crippen molar-refractivity contribution in [1.29, 1.82) is 0 Å². The third-order valence-electron chi connectivity index (χ3n) is 2.79. The van der Waals surface area contributed by atoms with E-state index in [0.717, 1.165) is 32.7 Å². The van der Waals surface area contributed by atoms with Crippen molar-refractivity contribution in [2.24, 2.45) is 0 Å². The van der Waals surface area contributed by atoms with Crippen molar-refractivity contribution in [2.45, 2.75) is 39.3 Å². The molecule has 0 saturated carbocycles. The highest BCUT2D eigenvalue weighted by Crippen LogP contribution is 2.02. The molecule has 0 aliphatic heterocycles. The molecule has 4 nitrogen and oxygen atoms in total. The van der Waals surface area contributed by atoms with Gasteiger partial charge in [-0.05, 0) is 26.8 Å². The van der Waals surface area contributed by atoms with E-state index in [1.165, 1.54) is 0 Å². The van der Waals surface area contributed by atoms with Crippen LogP contribution in [0.3, 0.4) is 0 Å². The number of aliphatic hydroxyl groups excluding tert-OH is 1. The Bertz CT molecular complexity index is 154. The molecule has 0 aliphatic rings. The fraction of sp³-hybridized carbons (Fsp3) is 1.00. The minimum atomic E-state index is 0.212. The highest BCUT2D eigenvalue weighted by Gasteiger charge is 2.12. The molecule has 16 heavy (non-hydrogen) atoms. The van der Waals surface area contributed by atoms with E-state index < -0.39 is 0 Å². The van der Waals surface area contributed by atoms with Crippen LogP contribution in [0.5, 0.6) is 0 Å². The van der Waals surface area contributed by atoms with Crippen LogP contribution in [-0.4, -0.2) is 62.0 Å². The topological polar surface area (TPSA) is 44.7 Å². The second-order valence-electron chi connectivity index (χ2n) is 4.35. The summed E-state index contributed by atoms with van der Waals surface area (Å²) in [6, 6.07) is 0.741. The minimum Gasteiger partial charge on any atom is -0.395 e. The van der Waals surface area contributed by atoms with E-state index in [9.17, 15) is 5.11 Å². The first-order valence-corrected chi connectivity index (χ1v) is 6.22. The normalized spacial score (nSPS) is 13.7. The van der Waals surface area contributed by atoms with Gasteiger partial charge in [0.25, 0.3) is 0 Å². The maximum atomic E-state index is 9.18. The molecular weight excluding hydrogens is 204 g/mol. The molecule has 0 saturated heterocycles. The standard InChI is InChI=1S/C12H28N2O2/c1-5-13-12(10-15)6-7-14(11(2)3)8-9-16-4/h11-13,15H,5-10H2,1-4H3. The molecule has 2 N–H and O–H groups in total. The summed E-state index contributed by atoms with van der Waals surface area (Å²) in [5.41, 5.74) is 0. The molecule has 98 valence electrons.